The first-order valence-electron chi connectivity index (χ1n) is 6.38. The van der Waals surface area contributed by atoms with Crippen LogP contribution in [-0.4, -0.2) is 36.6 Å². The summed E-state index contributed by atoms with van der Waals surface area (Å²) in [6.45, 7) is 10.9. The zero-order chi connectivity index (χ0) is 12.7. The number of hydrogen-bond acceptors (Lipinski definition) is 4. The molecular weight excluding hydrogens is 230 g/mol. The Morgan fingerprint density at radius 1 is 1.47 bits per heavy atom. The summed E-state index contributed by atoms with van der Waals surface area (Å²) in [5, 5.41) is 6.78. The summed E-state index contributed by atoms with van der Waals surface area (Å²) in [5.74, 6) is 0.741. The van der Waals surface area contributed by atoms with E-state index in [4.69, 9.17) is 0 Å². The summed E-state index contributed by atoms with van der Waals surface area (Å²) in [5.41, 5.74) is 1.20. The molecule has 0 saturated carbocycles. The van der Waals surface area contributed by atoms with Gasteiger partial charge in [0, 0.05) is 11.9 Å². The van der Waals surface area contributed by atoms with Gasteiger partial charge < -0.3 is 10.2 Å². The van der Waals surface area contributed by atoms with Crippen molar-refractivity contribution < 1.29 is 0 Å². The van der Waals surface area contributed by atoms with E-state index in [9.17, 15) is 0 Å². The van der Waals surface area contributed by atoms with Crippen LogP contribution in [0.15, 0.2) is 5.38 Å². The molecule has 0 amide bonds. The van der Waals surface area contributed by atoms with Crippen LogP contribution in [0.25, 0.3) is 0 Å². The van der Waals surface area contributed by atoms with E-state index in [0.717, 1.165) is 37.1 Å². The van der Waals surface area contributed by atoms with Crippen molar-refractivity contribution in [3.63, 3.8) is 0 Å². The highest BCUT2D eigenvalue weighted by molar-refractivity contribution is 7.09. The number of rotatable bonds is 8. The highest BCUT2D eigenvalue weighted by atomic mass is 32.1. The zero-order valence-corrected chi connectivity index (χ0v) is 12.3. The quantitative estimate of drug-likeness (QED) is 0.724. The summed E-state index contributed by atoms with van der Waals surface area (Å²) in [4.78, 5) is 6.82. The van der Waals surface area contributed by atoms with Gasteiger partial charge >= 0.3 is 0 Å². The van der Waals surface area contributed by atoms with Gasteiger partial charge in [0.05, 0.1) is 10.7 Å². The number of nitrogens with one attached hydrogen (secondary N) is 1. The second kappa shape index (κ2) is 7.80. The molecule has 98 valence electrons. The van der Waals surface area contributed by atoms with Gasteiger partial charge in [-0.3, -0.25) is 0 Å². The Hall–Kier alpha value is -0.450. The minimum atomic E-state index is 0.741. The van der Waals surface area contributed by atoms with Crippen molar-refractivity contribution in [3.05, 3.63) is 16.1 Å². The fourth-order valence-electron chi connectivity index (χ4n) is 1.70. The first kappa shape index (κ1) is 14.6. The Balaban J connectivity index is 2.07. The van der Waals surface area contributed by atoms with Crippen molar-refractivity contribution in [2.75, 3.05) is 26.7 Å². The predicted molar refractivity (Wildman–Crippen MR) is 75.5 cm³/mol. The van der Waals surface area contributed by atoms with Gasteiger partial charge in [-0.2, -0.15) is 0 Å². The molecule has 4 heteroatoms. The van der Waals surface area contributed by atoms with Crippen LogP contribution < -0.4 is 5.32 Å². The van der Waals surface area contributed by atoms with Gasteiger partial charge in [0.25, 0.3) is 0 Å². The van der Waals surface area contributed by atoms with E-state index >= 15 is 0 Å². The highest BCUT2D eigenvalue weighted by Gasteiger charge is 2.03. The molecule has 0 saturated heterocycles. The second-order valence-corrected chi connectivity index (χ2v) is 6.11. The molecule has 0 spiro atoms. The molecule has 1 heterocycles. The van der Waals surface area contributed by atoms with Gasteiger partial charge in [-0.1, -0.05) is 13.8 Å². The number of thiazole rings is 1. The fraction of sp³-hybridized carbons (Fsp3) is 0.769. The maximum absolute atomic E-state index is 4.48. The molecule has 0 unspecified atom stereocenters. The molecule has 0 fully saturated rings. The van der Waals surface area contributed by atoms with Gasteiger partial charge in [0.2, 0.25) is 0 Å². The van der Waals surface area contributed by atoms with Crippen molar-refractivity contribution in [1.82, 2.24) is 15.2 Å². The molecule has 0 aliphatic carbocycles. The molecule has 1 aromatic heterocycles. The summed E-state index contributed by atoms with van der Waals surface area (Å²) < 4.78 is 0. The number of aryl methyl sites for hydroxylation is 1. The van der Waals surface area contributed by atoms with Crippen molar-refractivity contribution in [3.8, 4) is 0 Å². The Morgan fingerprint density at radius 2 is 2.24 bits per heavy atom. The smallest absolute Gasteiger partial charge is 0.0897 e. The molecule has 0 radical (unpaired) electrons. The molecule has 17 heavy (non-hydrogen) atoms. The lowest BCUT2D eigenvalue weighted by Crippen LogP contribution is -2.26. The normalized spacial score (nSPS) is 11.6. The van der Waals surface area contributed by atoms with E-state index in [1.165, 1.54) is 12.1 Å². The SMILES string of the molecule is Cc1nc(CN(C)CCCNCC(C)C)cs1. The summed E-state index contributed by atoms with van der Waals surface area (Å²) in [7, 11) is 2.16. The van der Waals surface area contributed by atoms with E-state index < -0.39 is 0 Å². The Morgan fingerprint density at radius 3 is 2.82 bits per heavy atom. The van der Waals surface area contributed by atoms with Crippen molar-refractivity contribution >= 4 is 11.3 Å². The molecular formula is C13H25N3S. The number of aromatic nitrogens is 1. The van der Waals surface area contributed by atoms with Gasteiger partial charge in [0.15, 0.2) is 0 Å². The minimum Gasteiger partial charge on any atom is -0.316 e. The number of nitrogens with zero attached hydrogens (tertiary/aromatic N) is 2. The van der Waals surface area contributed by atoms with Crippen molar-refractivity contribution in [1.29, 1.82) is 0 Å². The average Bonchev–Trinajstić information content (AvgIpc) is 2.63. The lowest BCUT2D eigenvalue weighted by molar-refractivity contribution is 0.315. The molecule has 1 N–H and O–H groups in total. The number of hydrogen-bond donors (Lipinski definition) is 1. The zero-order valence-electron chi connectivity index (χ0n) is 11.5. The van der Waals surface area contributed by atoms with Crippen LogP contribution in [-0.2, 0) is 6.54 Å². The van der Waals surface area contributed by atoms with Gasteiger partial charge in [-0.05, 0) is 45.9 Å². The Kier molecular flexibility index (Phi) is 6.70. The standard InChI is InChI=1S/C13H25N3S/c1-11(2)8-14-6-5-7-16(4)9-13-10-17-12(3)15-13/h10-11,14H,5-9H2,1-4H3. The maximum Gasteiger partial charge on any atom is 0.0897 e. The van der Waals surface area contributed by atoms with Crippen molar-refractivity contribution in [2.24, 2.45) is 5.92 Å². The third kappa shape index (κ3) is 6.76. The summed E-state index contributed by atoms with van der Waals surface area (Å²) in [6, 6.07) is 0. The lowest BCUT2D eigenvalue weighted by Gasteiger charge is -2.15. The third-order valence-electron chi connectivity index (χ3n) is 2.54. The van der Waals surface area contributed by atoms with E-state index in [-0.39, 0.29) is 0 Å². The molecule has 1 rings (SSSR count). The molecule has 0 bridgehead atoms. The largest absolute Gasteiger partial charge is 0.316 e. The molecule has 0 aliphatic heterocycles. The maximum atomic E-state index is 4.48. The Bertz CT molecular complexity index is 309. The summed E-state index contributed by atoms with van der Waals surface area (Å²) in [6.07, 6.45) is 1.20. The lowest BCUT2D eigenvalue weighted by atomic mass is 10.2. The fourth-order valence-corrected chi connectivity index (χ4v) is 2.30. The van der Waals surface area contributed by atoms with Gasteiger partial charge in [-0.15, -0.1) is 11.3 Å². The van der Waals surface area contributed by atoms with Gasteiger partial charge in [0.1, 0.15) is 0 Å². The molecule has 0 aromatic carbocycles. The van der Waals surface area contributed by atoms with Crippen LogP contribution in [0.4, 0.5) is 0 Å². The van der Waals surface area contributed by atoms with Crippen LogP contribution in [0.1, 0.15) is 31.0 Å². The molecule has 0 aliphatic rings. The predicted octanol–water partition coefficient (Wildman–Crippen LogP) is 2.52. The first-order chi connectivity index (χ1) is 8.08. The van der Waals surface area contributed by atoms with Crippen LogP contribution in [0.5, 0.6) is 0 Å². The van der Waals surface area contributed by atoms with E-state index in [1.54, 1.807) is 11.3 Å². The highest BCUT2D eigenvalue weighted by Crippen LogP contribution is 2.09. The van der Waals surface area contributed by atoms with E-state index in [1.807, 2.05) is 0 Å². The van der Waals surface area contributed by atoms with E-state index in [0.29, 0.717) is 0 Å². The molecule has 1 aromatic rings. The second-order valence-electron chi connectivity index (χ2n) is 5.05. The van der Waals surface area contributed by atoms with E-state index in [2.05, 4.69) is 48.4 Å². The molecule has 3 nitrogen and oxygen atoms in total. The minimum absolute atomic E-state index is 0.741. The average molecular weight is 255 g/mol. The van der Waals surface area contributed by atoms with Crippen LogP contribution in [0, 0.1) is 12.8 Å². The topological polar surface area (TPSA) is 28.2 Å². The van der Waals surface area contributed by atoms with Crippen LogP contribution in [0.2, 0.25) is 0 Å². The monoisotopic (exact) mass is 255 g/mol. The van der Waals surface area contributed by atoms with Gasteiger partial charge in [-0.25, -0.2) is 4.98 Å². The van der Waals surface area contributed by atoms with Crippen LogP contribution >= 0.6 is 11.3 Å². The summed E-state index contributed by atoms with van der Waals surface area (Å²) >= 11 is 1.73. The van der Waals surface area contributed by atoms with Crippen molar-refractivity contribution in [2.45, 2.75) is 33.7 Å². The Labute approximate surface area is 109 Å². The molecule has 0 atom stereocenters. The van der Waals surface area contributed by atoms with Crippen LogP contribution in [0.3, 0.4) is 0 Å². The third-order valence-corrected chi connectivity index (χ3v) is 3.37. The first-order valence-corrected chi connectivity index (χ1v) is 7.26.